The fourth-order valence-corrected chi connectivity index (χ4v) is 2.99. The summed E-state index contributed by atoms with van der Waals surface area (Å²) in [4.78, 5) is 17.7. The number of carbonyl (C=O) groups excluding carboxylic acids is 1. The van der Waals surface area contributed by atoms with Gasteiger partial charge in [0.05, 0.1) is 12.2 Å². The zero-order valence-electron chi connectivity index (χ0n) is 14.4. The first-order chi connectivity index (χ1) is 12.7. The SMILES string of the molecule is Cc1cc(CN2Cc3ccc(-c4noc(C(F)(F)F)n4)cc3C2=O)nn1C. The van der Waals surface area contributed by atoms with Crippen LogP contribution < -0.4 is 0 Å². The number of rotatable bonds is 3. The number of alkyl halides is 3. The first kappa shape index (κ1) is 17.3. The van der Waals surface area contributed by atoms with E-state index in [0.717, 1.165) is 17.0 Å². The summed E-state index contributed by atoms with van der Waals surface area (Å²) >= 11 is 0. The van der Waals surface area contributed by atoms with Crippen LogP contribution in [-0.2, 0) is 26.3 Å². The van der Waals surface area contributed by atoms with Crippen molar-refractivity contribution in [2.24, 2.45) is 7.05 Å². The predicted octanol–water partition coefficient (Wildman–Crippen LogP) is 2.95. The van der Waals surface area contributed by atoms with Gasteiger partial charge in [-0.15, -0.1) is 0 Å². The molecule has 2 aromatic heterocycles. The van der Waals surface area contributed by atoms with Crippen LogP contribution in [0.5, 0.6) is 0 Å². The lowest BCUT2D eigenvalue weighted by Crippen LogP contribution is -2.23. The van der Waals surface area contributed by atoms with Gasteiger partial charge < -0.3 is 9.42 Å². The first-order valence-electron chi connectivity index (χ1n) is 8.05. The molecule has 0 spiro atoms. The molecular formula is C17H14F3N5O2. The second-order valence-electron chi connectivity index (χ2n) is 6.35. The number of amides is 1. The molecule has 10 heteroatoms. The Hall–Kier alpha value is -3.17. The van der Waals surface area contributed by atoms with Crippen molar-refractivity contribution in [3.8, 4) is 11.4 Å². The molecule has 1 amide bonds. The molecule has 0 N–H and O–H groups in total. The average molecular weight is 377 g/mol. The number of fused-ring (bicyclic) bond motifs is 1. The molecule has 7 nitrogen and oxygen atoms in total. The molecule has 0 unspecified atom stereocenters. The molecule has 1 aliphatic rings. The van der Waals surface area contributed by atoms with E-state index < -0.39 is 12.1 Å². The van der Waals surface area contributed by atoms with Crippen LogP contribution in [0.1, 0.15) is 33.2 Å². The van der Waals surface area contributed by atoms with E-state index in [1.807, 2.05) is 20.0 Å². The van der Waals surface area contributed by atoms with Crippen molar-refractivity contribution in [3.05, 3.63) is 52.7 Å². The average Bonchev–Trinajstić information content (AvgIpc) is 3.28. The normalized spacial score (nSPS) is 14.1. The lowest BCUT2D eigenvalue weighted by Gasteiger charge is -2.13. The standard InChI is InChI=1S/C17H14F3N5O2/c1-9-5-12(22-24(9)2)8-25-7-11-4-3-10(6-13(11)15(25)26)14-21-16(27-23-14)17(18,19)20/h3-6H,7-8H2,1-2H3. The summed E-state index contributed by atoms with van der Waals surface area (Å²) in [5.74, 6) is -1.84. The first-order valence-corrected chi connectivity index (χ1v) is 8.05. The molecule has 3 heterocycles. The minimum Gasteiger partial charge on any atom is -0.329 e. The van der Waals surface area contributed by atoms with Crippen LogP contribution in [0.2, 0.25) is 0 Å². The van der Waals surface area contributed by atoms with E-state index >= 15 is 0 Å². The van der Waals surface area contributed by atoms with Crippen molar-refractivity contribution in [2.45, 2.75) is 26.2 Å². The van der Waals surface area contributed by atoms with Crippen LogP contribution in [0.15, 0.2) is 28.8 Å². The van der Waals surface area contributed by atoms with Crippen LogP contribution in [0.3, 0.4) is 0 Å². The second kappa shape index (κ2) is 5.93. The molecule has 0 atom stereocenters. The molecule has 0 aliphatic carbocycles. The van der Waals surface area contributed by atoms with Crippen molar-refractivity contribution >= 4 is 5.91 Å². The summed E-state index contributed by atoms with van der Waals surface area (Å²) in [6.45, 7) is 2.68. The molecular weight excluding hydrogens is 363 g/mol. The van der Waals surface area contributed by atoms with Gasteiger partial charge in [0.1, 0.15) is 0 Å². The zero-order chi connectivity index (χ0) is 19.3. The topological polar surface area (TPSA) is 77.1 Å². The highest BCUT2D eigenvalue weighted by molar-refractivity contribution is 5.99. The van der Waals surface area contributed by atoms with Crippen LogP contribution in [0, 0.1) is 6.92 Å². The summed E-state index contributed by atoms with van der Waals surface area (Å²) in [6.07, 6.45) is -4.71. The Labute approximate surface area is 151 Å². The van der Waals surface area contributed by atoms with Crippen LogP contribution >= 0.6 is 0 Å². The van der Waals surface area contributed by atoms with Gasteiger partial charge in [-0.25, -0.2) is 0 Å². The van der Waals surface area contributed by atoms with E-state index in [-0.39, 0.29) is 17.3 Å². The smallest absolute Gasteiger partial charge is 0.329 e. The number of hydrogen-bond donors (Lipinski definition) is 0. The van der Waals surface area contributed by atoms with Crippen molar-refractivity contribution in [3.63, 3.8) is 0 Å². The fourth-order valence-electron chi connectivity index (χ4n) is 2.99. The Morgan fingerprint density at radius 1 is 1.26 bits per heavy atom. The third-order valence-corrected chi connectivity index (χ3v) is 4.43. The fraction of sp³-hybridized carbons (Fsp3) is 0.294. The third kappa shape index (κ3) is 3.07. The number of aromatic nitrogens is 4. The zero-order valence-corrected chi connectivity index (χ0v) is 14.4. The van der Waals surface area contributed by atoms with E-state index in [2.05, 4.69) is 19.8 Å². The van der Waals surface area contributed by atoms with Crippen LogP contribution in [0.25, 0.3) is 11.4 Å². The number of benzene rings is 1. The Morgan fingerprint density at radius 2 is 2.04 bits per heavy atom. The quantitative estimate of drug-likeness (QED) is 0.701. The summed E-state index contributed by atoms with van der Waals surface area (Å²) in [5, 5.41) is 7.70. The molecule has 1 aromatic carbocycles. The Kier molecular flexibility index (Phi) is 3.79. The van der Waals surface area contributed by atoms with E-state index in [1.165, 1.54) is 6.07 Å². The number of aryl methyl sites for hydroxylation is 2. The largest absolute Gasteiger partial charge is 0.471 e. The number of nitrogens with zero attached hydrogens (tertiary/aromatic N) is 5. The highest BCUT2D eigenvalue weighted by Crippen LogP contribution is 2.31. The van der Waals surface area contributed by atoms with Gasteiger partial charge in [-0.1, -0.05) is 17.3 Å². The minimum atomic E-state index is -4.71. The van der Waals surface area contributed by atoms with Crippen molar-refractivity contribution < 1.29 is 22.5 Å². The number of carbonyl (C=O) groups is 1. The maximum absolute atomic E-state index is 12.7. The Bertz CT molecular complexity index is 1020. The summed E-state index contributed by atoms with van der Waals surface area (Å²) in [7, 11) is 1.83. The van der Waals surface area contributed by atoms with Gasteiger partial charge in [-0.3, -0.25) is 9.48 Å². The molecule has 140 valence electrons. The van der Waals surface area contributed by atoms with E-state index in [1.54, 1.807) is 21.7 Å². The van der Waals surface area contributed by atoms with Gasteiger partial charge in [0.15, 0.2) is 0 Å². The highest BCUT2D eigenvalue weighted by atomic mass is 19.4. The van der Waals surface area contributed by atoms with Gasteiger partial charge in [-0.05, 0) is 24.6 Å². The van der Waals surface area contributed by atoms with Gasteiger partial charge in [0.25, 0.3) is 5.91 Å². The second-order valence-corrected chi connectivity index (χ2v) is 6.35. The Balaban J connectivity index is 1.58. The van der Waals surface area contributed by atoms with Crippen LogP contribution in [0.4, 0.5) is 13.2 Å². The summed E-state index contributed by atoms with van der Waals surface area (Å²) in [6, 6.07) is 6.66. The highest BCUT2D eigenvalue weighted by Gasteiger charge is 2.38. The monoisotopic (exact) mass is 377 g/mol. The van der Waals surface area contributed by atoms with E-state index in [9.17, 15) is 18.0 Å². The summed E-state index contributed by atoms with van der Waals surface area (Å²) < 4.78 is 43.8. The molecule has 0 saturated carbocycles. The molecule has 0 bridgehead atoms. The Morgan fingerprint density at radius 3 is 2.67 bits per heavy atom. The third-order valence-electron chi connectivity index (χ3n) is 4.43. The number of hydrogen-bond acceptors (Lipinski definition) is 5. The van der Waals surface area contributed by atoms with Gasteiger partial charge in [0, 0.05) is 30.4 Å². The predicted molar refractivity (Wildman–Crippen MR) is 86.3 cm³/mol. The van der Waals surface area contributed by atoms with Crippen molar-refractivity contribution in [2.75, 3.05) is 0 Å². The molecule has 0 radical (unpaired) electrons. The molecule has 0 saturated heterocycles. The van der Waals surface area contributed by atoms with Gasteiger partial charge in [-0.2, -0.15) is 23.3 Å². The van der Waals surface area contributed by atoms with Crippen molar-refractivity contribution in [1.82, 2.24) is 24.8 Å². The lowest BCUT2D eigenvalue weighted by molar-refractivity contribution is -0.159. The molecule has 3 aromatic rings. The van der Waals surface area contributed by atoms with Gasteiger partial charge in [0.2, 0.25) is 5.82 Å². The lowest BCUT2D eigenvalue weighted by atomic mass is 10.1. The number of halogens is 3. The molecule has 4 rings (SSSR count). The summed E-state index contributed by atoms with van der Waals surface area (Å²) in [5.41, 5.74) is 3.24. The van der Waals surface area contributed by atoms with Crippen LogP contribution in [-0.4, -0.2) is 30.7 Å². The molecule has 27 heavy (non-hydrogen) atoms. The molecule has 0 fully saturated rings. The minimum absolute atomic E-state index is 0.211. The maximum Gasteiger partial charge on any atom is 0.471 e. The van der Waals surface area contributed by atoms with Crippen molar-refractivity contribution in [1.29, 1.82) is 0 Å². The maximum atomic E-state index is 12.7. The van der Waals surface area contributed by atoms with E-state index in [0.29, 0.717) is 18.7 Å². The van der Waals surface area contributed by atoms with Gasteiger partial charge >= 0.3 is 12.1 Å². The molecule has 1 aliphatic heterocycles. The van der Waals surface area contributed by atoms with E-state index in [4.69, 9.17) is 0 Å².